The molecule has 3 aromatic rings. The number of carbonyl (C=O) groups is 1. The van der Waals surface area contributed by atoms with E-state index in [2.05, 4.69) is 5.32 Å². The zero-order chi connectivity index (χ0) is 17.6. The fourth-order valence-corrected chi connectivity index (χ4v) is 2.47. The lowest BCUT2D eigenvalue weighted by atomic mass is 10.1. The Balaban J connectivity index is 1.50. The van der Waals surface area contributed by atoms with Crippen molar-refractivity contribution in [1.29, 1.82) is 0 Å². The lowest BCUT2D eigenvalue weighted by Crippen LogP contribution is -2.22. The molecule has 0 fully saturated rings. The van der Waals surface area contributed by atoms with Crippen molar-refractivity contribution in [3.63, 3.8) is 0 Å². The molecule has 1 aromatic heterocycles. The highest BCUT2D eigenvalue weighted by molar-refractivity contribution is 5.76. The van der Waals surface area contributed by atoms with Crippen LogP contribution in [-0.2, 0) is 17.8 Å². The molecule has 0 saturated heterocycles. The van der Waals surface area contributed by atoms with Crippen LogP contribution in [-0.4, -0.2) is 5.91 Å². The van der Waals surface area contributed by atoms with Crippen LogP contribution in [0, 0.1) is 11.6 Å². The average Bonchev–Trinajstić information content (AvgIpc) is 3.08. The van der Waals surface area contributed by atoms with Crippen molar-refractivity contribution in [1.82, 2.24) is 5.32 Å². The molecular formula is C20H17F2NO2. The van der Waals surface area contributed by atoms with Gasteiger partial charge in [-0.05, 0) is 60.5 Å². The molecule has 3 nitrogen and oxygen atoms in total. The molecule has 0 bridgehead atoms. The highest BCUT2D eigenvalue weighted by atomic mass is 19.1. The number of aryl methyl sites for hydroxylation is 1. The van der Waals surface area contributed by atoms with Crippen LogP contribution >= 0.6 is 0 Å². The summed E-state index contributed by atoms with van der Waals surface area (Å²) in [4.78, 5) is 11.9. The maximum absolute atomic E-state index is 13.1. The molecule has 0 atom stereocenters. The minimum Gasteiger partial charge on any atom is -0.459 e. The van der Waals surface area contributed by atoms with E-state index < -0.39 is 0 Å². The first-order valence-corrected chi connectivity index (χ1v) is 7.96. The minimum absolute atomic E-state index is 0.135. The molecule has 1 heterocycles. The summed E-state index contributed by atoms with van der Waals surface area (Å²) in [5, 5.41) is 2.77. The van der Waals surface area contributed by atoms with Crippen LogP contribution in [0.3, 0.4) is 0 Å². The third-order valence-corrected chi connectivity index (χ3v) is 3.78. The Bertz CT molecular complexity index is 856. The number of hydrogen-bond donors (Lipinski definition) is 1. The number of furan rings is 1. The molecule has 1 amide bonds. The van der Waals surface area contributed by atoms with E-state index in [0.717, 1.165) is 11.1 Å². The highest BCUT2D eigenvalue weighted by Gasteiger charge is 2.07. The second kappa shape index (κ2) is 7.75. The largest absolute Gasteiger partial charge is 0.459 e. The maximum atomic E-state index is 13.1. The van der Waals surface area contributed by atoms with E-state index in [1.807, 2.05) is 0 Å². The fraction of sp³-hybridized carbons (Fsp3) is 0.150. The van der Waals surface area contributed by atoms with Crippen LogP contribution in [0.5, 0.6) is 0 Å². The molecule has 0 saturated carbocycles. The number of benzene rings is 2. The monoisotopic (exact) mass is 341 g/mol. The van der Waals surface area contributed by atoms with Gasteiger partial charge in [-0.2, -0.15) is 0 Å². The molecule has 5 heteroatoms. The molecular weight excluding hydrogens is 324 g/mol. The van der Waals surface area contributed by atoms with Gasteiger partial charge in [-0.25, -0.2) is 8.78 Å². The van der Waals surface area contributed by atoms with Crippen molar-refractivity contribution < 1.29 is 18.0 Å². The van der Waals surface area contributed by atoms with E-state index in [4.69, 9.17) is 4.42 Å². The Morgan fingerprint density at radius 1 is 0.960 bits per heavy atom. The van der Waals surface area contributed by atoms with Gasteiger partial charge in [-0.3, -0.25) is 4.79 Å². The van der Waals surface area contributed by atoms with Gasteiger partial charge in [-0.1, -0.05) is 12.1 Å². The minimum atomic E-state index is -0.305. The second-order valence-corrected chi connectivity index (χ2v) is 5.68. The first-order chi connectivity index (χ1) is 12.1. The third kappa shape index (κ3) is 4.76. The Morgan fingerprint density at radius 3 is 2.52 bits per heavy atom. The summed E-state index contributed by atoms with van der Waals surface area (Å²) in [6, 6.07) is 15.8. The Kier molecular flexibility index (Phi) is 5.23. The molecule has 2 aromatic carbocycles. The van der Waals surface area contributed by atoms with E-state index in [0.29, 0.717) is 17.9 Å². The van der Waals surface area contributed by atoms with E-state index in [1.165, 1.54) is 24.3 Å². The van der Waals surface area contributed by atoms with Gasteiger partial charge in [0.25, 0.3) is 0 Å². The number of nitrogens with one attached hydrogen (secondary N) is 1. The number of carbonyl (C=O) groups excluding carboxylic acids is 1. The predicted molar refractivity (Wildman–Crippen MR) is 90.7 cm³/mol. The van der Waals surface area contributed by atoms with Gasteiger partial charge in [0.05, 0.1) is 6.54 Å². The maximum Gasteiger partial charge on any atom is 0.220 e. The van der Waals surface area contributed by atoms with Crippen LogP contribution in [0.25, 0.3) is 11.3 Å². The molecule has 0 unspecified atom stereocenters. The molecule has 1 N–H and O–H groups in total. The lowest BCUT2D eigenvalue weighted by molar-refractivity contribution is -0.121. The van der Waals surface area contributed by atoms with Crippen LogP contribution in [0.1, 0.15) is 17.7 Å². The van der Waals surface area contributed by atoms with Gasteiger partial charge in [0.15, 0.2) is 0 Å². The van der Waals surface area contributed by atoms with Gasteiger partial charge in [0.1, 0.15) is 23.2 Å². The second-order valence-electron chi connectivity index (χ2n) is 5.68. The highest BCUT2D eigenvalue weighted by Crippen LogP contribution is 2.22. The van der Waals surface area contributed by atoms with Crippen molar-refractivity contribution in [2.24, 2.45) is 0 Å². The molecule has 0 aliphatic rings. The van der Waals surface area contributed by atoms with Crippen LogP contribution < -0.4 is 5.32 Å². The number of rotatable bonds is 6. The summed E-state index contributed by atoms with van der Waals surface area (Å²) >= 11 is 0. The van der Waals surface area contributed by atoms with Gasteiger partial charge in [-0.15, -0.1) is 0 Å². The van der Waals surface area contributed by atoms with Crippen molar-refractivity contribution in [2.45, 2.75) is 19.4 Å². The van der Waals surface area contributed by atoms with E-state index >= 15 is 0 Å². The Labute approximate surface area is 144 Å². The first-order valence-electron chi connectivity index (χ1n) is 7.96. The van der Waals surface area contributed by atoms with E-state index in [-0.39, 0.29) is 30.5 Å². The average molecular weight is 341 g/mol. The van der Waals surface area contributed by atoms with Crippen molar-refractivity contribution in [2.75, 3.05) is 0 Å². The van der Waals surface area contributed by atoms with E-state index in [1.54, 1.807) is 36.4 Å². The molecule has 0 spiro atoms. The third-order valence-electron chi connectivity index (χ3n) is 3.78. The van der Waals surface area contributed by atoms with Gasteiger partial charge >= 0.3 is 0 Å². The molecule has 0 aliphatic heterocycles. The predicted octanol–water partition coefficient (Wildman–Crippen LogP) is 4.47. The zero-order valence-corrected chi connectivity index (χ0v) is 13.5. The number of amides is 1. The van der Waals surface area contributed by atoms with Gasteiger partial charge < -0.3 is 9.73 Å². The SMILES string of the molecule is O=C(CCc1cccc(F)c1)NCc1ccc(-c2ccc(F)cc2)o1. The fourth-order valence-electron chi connectivity index (χ4n) is 2.47. The van der Waals surface area contributed by atoms with Crippen molar-refractivity contribution >= 4 is 5.91 Å². The van der Waals surface area contributed by atoms with Crippen LogP contribution in [0.2, 0.25) is 0 Å². The van der Waals surface area contributed by atoms with Gasteiger partial charge in [0.2, 0.25) is 5.91 Å². The standard InChI is InChI=1S/C20H17F2NO2/c21-16-7-5-15(6-8-16)19-10-9-18(25-19)13-23-20(24)11-4-14-2-1-3-17(22)12-14/h1-3,5-10,12H,4,11,13H2,(H,23,24). The summed E-state index contributed by atoms with van der Waals surface area (Å²) < 4.78 is 31.7. The number of hydrogen-bond acceptors (Lipinski definition) is 2. The van der Waals surface area contributed by atoms with Gasteiger partial charge in [0, 0.05) is 12.0 Å². The quantitative estimate of drug-likeness (QED) is 0.718. The van der Waals surface area contributed by atoms with Crippen LogP contribution in [0.4, 0.5) is 8.78 Å². The molecule has 25 heavy (non-hydrogen) atoms. The summed E-state index contributed by atoms with van der Waals surface area (Å²) in [5.41, 5.74) is 1.55. The summed E-state index contributed by atoms with van der Waals surface area (Å²) in [7, 11) is 0. The molecule has 0 radical (unpaired) electrons. The van der Waals surface area contributed by atoms with E-state index in [9.17, 15) is 13.6 Å². The Hall–Kier alpha value is -2.95. The summed E-state index contributed by atoms with van der Waals surface area (Å²) in [6.45, 7) is 0.267. The normalized spacial score (nSPS) is 10.6. The van der Waals surface area contributed by atoms with Crippen molar-refractivity contribution in [3.05, 3.63) is 83.6 Å². The van der Waals surface area contributed by atoms with Crippen LogP contribution in [0.15, 0.2) is 65.1 Å². The summed E-state index contributed by atoms with van der Waals surface area (Å²) in [5.74, 6) is 0.481. The molecule has 3 rings (SSSR count). The Morgan fingerprint density at radius 2 is 1.76 bits per heavy atom. The number of halogens is 2. The topological polar surface area (TPSA) is 42.2 Å². The smallest absolute Gasteiger partial charge is 0.220 e. The zero-order valence-electron chi connectivity index (χ0n) is 13.5. The molecule has 128 valence electrons. The molecule has 0 aliphatic carbocycles. The van der Waals surface area contributed by atoms with Crippen molar-refractivity contribution in [3.8, 4) is 11.3 Å². The summed E-state index contributed by atoms with van der Waals surface area (Å²) in [6.07, 6.45) is 0.748. The first kappa shape index (κ1) is 16.9. The lowest BCUT2D eigenvalue weighted by Gasteiger charge is -2.04.